The zero-order chi connectivity index (χ0) is 13.8. The van der Waals surface area contributed by atoms with Gasteiger partial charge in [-0.3, -0.25) is 14.9 Å². The Bertz CT molecular complexity index is 346. The average molecular weight is 264 g/mol. The molecule has 2 bridgehead atoms. The second kappa shape index (κ2) is 6.33. The third-order valence-corrected chi connectivity index (χ3v) is 4.37. The van der Waals surface area contributed by atoms with Crippen LogP contribution in [0, 0.1) is 23.7 Å². The van der Waals surface area contributed by atoms with E-state index in [1.165, 1.54) is 25.7 Å². The van der Waals surface area contributed by atoms with E-state index in [0.29, 0.717) is 11.8 Å². The molecule has 4 nitrogen and oxygen atoms in total. The van der Waals surface area contributed by atoms with Crippen molar-refractivity contribution in [3.63, 3.8) is 0 Å². The fraction of sp³-hybridized carbons (Fsp3) is 0.733. The lowest BCUT2D eigenvalue weighted by Gasteiger charge is -2.14. The average Bonchev–Trinajstić information content (AvgIpc) is 3.06. The van der Waals surface area contributed by atoms with E-state index >= 15 is 0 Å². The van der Waals surface area contributed by atoms with E-state index in [1.807, 2.05) is 0 Å². The number of rotatable bonds is 4. The van der Waals surface area contributed by atoms with Crippen LogP contribution in [-0.4, -0.2) is 18.4 Å². The van der Waals surface area contributed by atoms with Crippen LogP contribution in [0.25, 0.3) is 0 Å². The van der Waals surface area contributed by atoms with E-state index in [9.17, 15) is 9.59 Å². The van der Waals surface area contributed by atoms with Crippen LogP contribution >= 0.6 is 0 Å². The zero-order valence-electron chi connectivity index (χ0n) is 11.6. The molecule has 19 heavy (non-hydrogen) atoms. The van der Waals surface area contributed by atoms with Gasteiger partial charge in [-0.15, -0.1) is 0 Å². The van der Waals surface area contributed by atoms with Crippen molar-refractivity contribution in [1.82, 2.24) is 5.32 Å². The summed E-state index contributed by atoms with van der Waals surface area (Å²) in [4.78, 5) is 22.6. The summed E-state index contributed by atoms with van der Waals surface area (Å²) in [5.74, 6) is 0.501. The Morgan fingerprint density at radius 3 is 2.16 bits per heavy atom. The second-order valence-electron chi connectivity index (χ2n) is 5.70. The predicted molar refractivity (Wildman–Crippen MR) is 74.1 cm³/mol. The molecule has 0 aromatic rings. The SMILES string of the molecule is CCCCCCN.O=C1NC(=O)C2C3C=CC(C3)C12. The third-order valence-electron chi connectivity index (χ3n) is 4.37. The molecule has 1 saturated carbocycles. The highest BCUT2D eigenvalue weighted by Crippen LogP contribution is 2.50. The van der Waals surface area contributed by atoms with Crippen molar-refractivity contribution in [3.05, 3.63) is 12.2 Å². The number of amides is 2. The molecule has 1 aliphatic heterocycles. The van der Waals surface area contributed by atoms with Crippen LogP contribution < -0.4 is 11.1 Å². The Balaban J connectivity index is 0.000000167. The minimum atomic E-state index is -0.0538. The second-order valence-corrected chi connectivity index (χ2v) is 5.70. The molecule has 2 fully saturated rings. The summed E-state index contributed by atoms with van der Waals surface area (Å²) in [6.07, 6.45) is 10.3. The van der Waals surface area contributed by atoms with Gasteiger partial charge in [0, 0.05) is 0 Å². The van der Waals surface area contributed by atoms with Crippen LogP contribution in [0.3, 0.4) is 0 Å². The molecule has 3 aliphatic rings. The van der Waals surface area contributed by atoms with Crippen molar-refractivity contribution in [2.24, 2.45) is 29.4 Å². The van der Waals surface area contributed by atoms with E-state index in [0.717, 1.165) is 13.0 Å². The number of unbranched alkanes of at least 4 members (excludes halogenated alkanes) is 3. The molecule has 3 N–H and O–H groups in total. The summed E-state index contributed by atoms with van der Waals surface area (Å²) in [5, 5.41) is 2.40. The molecular formula is C15H24N2O2. The number of imide groups is 1. The summed E-state index contributed by atoms with van der Waals surface area (Å²) >= 11 is 0. The van der Waals surface area contributed by atoms with Crippen molar-refractivity contribution < 1.29 is 9.59 Å². The van der Waals surface area contributed by atoms with Gasteiger partial charge >= 0.3 is 0 Å². The lowest BCUT2D eigenvalue weighted by molar-refractivity contribution is -0.126. The van der Waals surface area contributed by atoms with Crippen LogP contribution in [0.5, 0.6) is 0 Å². The van der Waals surface area contributed by atoms with Gasteiger partial charge in [0.05, 0.1) is 11.8 Å². The zero-order valence-corrected chi connectivity index (χ0v) is 11.6. The molecule has 4 atom stereocenters. The lowest BCUT2D eigenvalue weighted by Crippen LogP contribution is -2.25. The van der Waals surface area contributed by atoms with Crippen molar-refractivity contribution in [2.45, 2.75) is 39.0 Å². The van der Waals surface area contributed by atoms with Crippen LogP contribution in [0.2, 0.25) is 0 Å². The molecule has 0 radical (unpaired) electrons. The molecule has 3 rings (SSSR count). The number of nitrogens with one attached hydrogen (secondary N) is 1. The van der Waals surface area contributed by atoms with Crippen molar-refractivity contribution >= 4 is 11.8 Å². The van der Waals surface area contributed by atoms with Crippen molar-refractivity contribution in [2.75, 3.05) is 6.54 Å². The van der Waals surface area contributed by atoms with Gasteiger partial charge in [0.25, 0.3) is 0 Å². The van der Waals surface area contributed by atoms with Crippen molar-refractivity contribution in [1.29, 1.82) is 0 Å². The van der Waals surface area contributed by atoms with E-state index in [-0.39, 0.29) is 23.7 Å². The largest absolute Gasteiger partial charge is 0.330 e. The van der Waals surface area contributed by atoms with E-state index in [4.69, 9.17) is 5.73 Å². The number of nitrogens with two attached hydrogens (primary N) is 1. The first-order valence-corrected chi connectivity index (χ1v) is 7.42. The molecule has 2 aliphatic carbocycles. The maximum atomic E-state index is 11.3. The van der Waals surface area contributed by atoms with Gasteiger partial charge in [-0.2, -0.15) is 0 Å². The smallest absolute Gasteiger partial charge is 0.231 e. The van der Waals surface area contributed by atoms with Crippen LogP contribution in [0.1, 0.15) is 39.0 Å². The van der Waals surface area contributed by atoms with Crippen LogP contribution in [0.15, 0.2) is 12.2 Å². The van der Waals surface area contributed by atoms with Gasteiger partial charge in [-0.1, -0.05) is 38.3 Å². The van der Waals surface area contributed by atoms with Crippen LogP contribution in [0.4, 0.5) is 0 Å². The summed E-state index contributed by atoms with van der Waals surface area (Å²) in [6.45, 7) is 3.07. The third kappa shape index (κ3) is 2.89. The van der Waals surface area contributed by atoms with Crippen LogP contribution in [-0.2, 0) is 9.59 Å². The Morgan fingerprint density at radius 2 is 1.68 bits per heavy atom. The number of allylic oxidation sites excluding steroid dienone is 2. The lowest BCUT2D eigenvalue weighted by atomic mass is 9.85. The van der Waals surface area contributed by atoms with Gasteiger partial charge < -0.3 is 5.73 Å². The monoisotopic (exact) mass is 264 g/mol. The predicted octanol–water partition coefficient (Wildman–Crippen LogP) is 1.61. The van der Waals surface area contributed by atoms with E-state index in [1.54, 1.807) is 0 Å². The first kappa shape index (κ1) is 14.3. The van der Waals surface area contributed by atoms with Gasteiger partial charge in [-0.05, 0) is 31.2 Å². The number of hydrogen-bond acceptors (Lipinski definition) is 3. The highest BCUT2D eigenvalue weighted by molar-refractivity contribution is 6.06. The fourth-order valence-electron chi connectivity index (χ4n) is 3.40. The molecule has 106 valence electrons. The number of hydrogen-bond donors (Lipinski definition) is 2. The van der Waals surface area contributed by atoms with Gasteiger partial charge in [0.2, 0.25) is 11.8 Å². The number of carbonyl (C=O) groups is 2. The number of fused-ring (bicyclic) bond motifs is 5. The maximum absolute atomic E-state index is 11.3. The summed E-state index contributed by atoms with van der Waals surface area (Å²) in [6, 6.07) is 0. The maximum Gasteiger partial charge on any atom is 0.231 e. The quantitative estimate of drug-likeness (QED) is 0.460. The van der Waals surface area contributed by atoms with E-state index in [2.05, 4.69) is 24.4 Å². The molecule has 0 aromatic heterocycles. The molecule has 1 heterocycles. The van der Waals surface area contributed by atoms with E-state index < -0.39 is 0 Å². The minimum Gasteiger partial charge on any atom is -0.330 e. The normalized spacial score (nSPS) is 34.0. The first-order valence-electron chi connectivity index (χ1n) is 7.42. The van der Waals surface area contributed by atoms with Crippen molar-refractivity contribution in [3.8, 4) is 0 Å². The van der Waals surface area contributed by atoms with Gasteiger partial charge in [0.1, 0.15) is 0 Å². The molecule has 2 amide bonds. The molecule has 0 aromatic carbocycles. The summed E-state index contributed by atoms with van der Waals surface area (Å²) < 4.78 is 0. The topological polar surface area (TPSA) is 72.2 Å². The molecular weight excluding hydrogens is 240 g/mol. The molecule has 1 saturated heterocycles. The minimum absolute atomic E-state index is 0.0347. The Labute approximate surface area is 114 Å². The summed E-state index contributed by atoms with van der Waals surface area (Å²) in [5.41, 5.74) is 5.27. The number of carbonyl (C=O) groups excluding carboxylic acids is 2. The fourth-order valence-corrected chi connectivity index (χ4v) is 3.40. The van der Waals surface area contributed by atoms with Gasteiger partial charge in [0.15, 0.2) is 0 Å². The Hall–Kier alpha value is -1.16. The standard InChI is InChI=1S/C9H9NO2.C6H15N/c11-8-6-4-1-2-5(3-4)7(6)9(12)10-8;1-2-3-4-5-6-7/h1-2,4-7H,3H2,(H,10,11,12);2-7H2,1H3. The van der Waals surface area contributed by atoms with Gasteiger partial charge in [-0.25, -0.2) is 0 Å². The Morgan fingerprint density at radius 1 is 1.11 bits per heavy atom. The highest BCUT2D eigenvalue weighted by atomic mass is 16.2. The first-order chi connectivity index (χ1) is 9.19. The molecule has 0 spiro atoms. The molecule has 4 heteroatoms. The summed E-state index contributed by atoms with van der Waals surface area (Å²) in [7, 11) is 0. The molecule has 4 unspecified atom stereocenters. The highest BCUT2D eigenvalue weighted by Gasteiger charge is 2.55. The Kier molecular flexibility index (Phi) is 4.75.